The van der Waals surface area contributed by atoms with E-state index >= 15 is 0 Å². The summed E-state index contributed by atoms with van der Waals surface area (Å²) in [6, 6.07) is 7.87. The summed E-state index contributed by atoms with van der Waals surface area (Å²) in [5.41, 5.74) is 1.10. The summed E-state index contributed by atoms with van der Waals surface area (Å²) in [5.74, 6) is 2.01. The predicted molar refractivity (Wildman–Crippen MR) is 121 cm³/mol. The van der Waals surface area contributed by atoms with Gasteiger partial charge < -0.3 is 10.1 Å². The number of amidine groups is 1. The standard InChI is InChI=1S/C21H31N3O4S2/c1-3-4-13-30(26,27)24-11-9-16(10-12-24)14-20(25)23-21-22-19(15-29-21)17-5-7-18(28-2)8-6-17/h5-8,16,19H,3-4,9-15H2,1-2H3,(H,22,23,25). The molecule has 0 saturated carbocycles. The second kappa shape index (κ2) is 10.6. The number of carbonyl (C=O) groups is 1. The Kier molecular flexibility index (Phi) is 8.19. The SMILES string of the molecule is CCCCS(=O)(=O)N1CCC(CC(=O)NC2=NC(c3ccc(OC)cc3)CS2)CC1. The third-order valence-corrected chi connectivity index (χ3v) is 8.51. The Hall–Kier alpha value is -1.58. The van der Waals surface area contributed by atoms with Crippen LogP contribution in [0.5, 0.6) is 5.75 Å². The first kappa shape index (κ1) is 23.1. The molecule has 30 heavy (non-hydrogen) atoms. The van der Waals surface area contributed by atoms with Gasteiger partial charge >= 0.3 is 0 Å². The third kappa shape index (κ3) is 6.21. The lowest BCUT2D eigenvalue weighted by molar-refractivity contribution is -0.120. The number of hydrogen-bond acceptors (Lipinski definition) is 6. The predicted octanol–water partition coefficient (Wildman–Crippen LogP) is 3.19. The second-order valence-corrected chi connectivity index (χ2v) is 10.9. The maximum atomic E-state index is 12.5. The first-order valence-electron chi connectivity index (χ1n) is 10.5. The van der Waals surface area contributed by atoms with E-state index in [-0.39, 0.29) is 23.6 Å². The van der Waals surface area contributed by atoms with E-state index in [1.165, 1.54) is 0 Å². The molecule has 0 radical (unpaired) electrons. The number of aliphatic imine (C=N–C) groups is 1. The van der Waals surface area contributed by atoms with Gasteiger partial charge in [-0.05, 0) is 42.9 Å². The van der Waals surface area contributed by atoms with Crippen molar-refractivity contribution in [2.75, 3.05) is 31.7 Å². The molecule has 0 spiro atoms. The molecule has 1 unspecified atom stereocenters. The molecule has 1 fully saturated rings. The number of thioether (sulfide) groups is 1. The van der Waals surface area contributed by atoms with E-state index in [4.69, 9.17) is 4.74 Å². The van der Waals surface area contributed by atoms with Crippen LogP contribution in [0.15, 0.2) is 29.3 Å². The van der Waals surface area contributed by atoms with Crippen molar-refractivity contribution >= 4 is 32.9 Å². The highest BCUT2D eigenvalue weighted by Crippen LogP contribution is 2.31. The number of amides is 1. The van der Waals surface area contributed by atoms with Crippen LogP contribution in [0.4, 0.5) is 0 Å². The van der Waals surface area contributed by atoms with Crippen LogP contribution >= 0.6 is 11.8 Å². The van der Waals surface area contributed by atoms with Gasteiger partial charge in [-0.25, -0.2) is 12.7 Å². The molecule has 2 heterocycles. The van der Waals surface area contributed by atoms with E-state index in [1.54, 1.807) is 23.2 Å². The molecule has 0 bridgehead atoms. The second-order valence-electron chi connectivity index (χ2n) is 7.80. The lowest BCUT2D eigenvalue weighted by Crippen LogP contribution is -2.41. The van der Waals surface area contributed by atoms with Gasteiger partial charge in [0, 0.05) is 25.3 Å². The van der Waals surface area contributed by atoms with Crippen molar-refractivity contribution in [2.24, 2.45) is 10.9 Å². The zero-order valence-corrected chi connectivity index (χ0v) is 19.3. The minimum Gasteiger partial charge on any atom is -0.497 e. The molecular weight excluding hydrogens is 422 g/mol. The number of methoxy groups -OCH3 is 1. The van der Waals surface area contributed by atoms with Gasteiger partial charge in [0.05, 0.1) is 18.9 Å². The molecule has 2 aliphatic rings. The summed E-state index contributed by atoms with van der Waals surface area (Å²) in [5, 5.41) is 3.60. The maximum Gasteiger partial charge on any atom is 0.226 e. The van der Waals surface area contributed by atoms with Crippen LogP contribution in [-0.2, 0) is 14.8 Å². The number of nitrogens with zero attached hydrogens (tertiary/aromatic N) is 2. The molecule has 2 aliphatic heterocycles. The lowest BCUT2D eigenvalue weighted by atomic mass is 9.94. The highest BCUT2D eigenvalue weighted by molar-refractivity contribution is 8.14. The number of hydrogen-bond donors (Lipinski definition) is 1. The fourth-order valence-corrected chi connectivity index (χ4v) is 6.37. The first-order chi connectivity index (χ1) is 14.4. The van der Waals surface area contributed by atoms with E-state index in [1.807, 2.05) is 31.2 Å². The Morgan fingerprint density at radius 2 is 1.97 bits per heavy atom. The number of unbranched alkanes of at least 4 members (excludes halogenated alkanes) is 1. The quantitative estimate of drug-likeness (QED) is 0.653. The number of nitrogens with one attached hydrogen (secondary N) is 1. The van der Waals surface area contributed by atoms with Gasteiger partial charge in [-0.3, -0.25) is 9.79 Å². The molecule has 0 aromatic heterocycles. The van der Waals surface area contributed by atoms with Gasteiger partial charge in [-0.1, -0.05) is 37.2 Å². The van der Waals surface area contributed by atoms with Gasteiger partial charge in [0.2, 0.25) is 15.9 Å². The molecule has 1 aromatic carbocycles. The molecular formula is C21H31N3O4S2. The van der Waals surface area contributed by atoms with Gasteiger partial charge in [0.15, 0.2) is 5.17 Å². The molecule has 0 aliphatic carbocycles. The van der Waals surface area contributed by atoms with E-state index < -0.39 is 10.0 Å². The van der Waals surface area contributed by atoms with Gasteiger partial charge in [0.1, 0.15) is 5.75 Å². The molecule has 166 valence electrons. The normalized spacial score (nSPS) is 20.7. The number of sulfonamides is 1. The van der Waals surface area contributed by atoms with E-state index in [0.717, 1.165) is 36.3 Å². The zero-order valence-electron chi connectivity index (χ0n) is 17.7. The van der Waals surface area contributed by atoms with Crippen molar-refractivity contribution in [1.29, 1.82) is 0 Å². The molecule has 3 rings (SSSR count). The summed E-state index contributed by atoms with van der Waals surface area (Å²) < 4.78 is 31.4. The number of benzene rings is 1. The van der Waals surface area contributed by atoms with Crippen LogP contribution in [0.1, 0.15) is 50.6 Å². The fourth-order valence-electron chi connectivity index (χ4n) is 3.72. The third-order valence-electron chi connectivity index (χ3n) is 5.59. The topological polar surface area (TPSA) is 88.1 Å². The molecule has 1 atom stereocenters. The average molecular weight is 454 g/mol. The number of carbonyl (C=O) groups excluding carboxylic acids is 1. The van der Waals surface area contributed by atoms with Crippen molar-refractivity contribution in [1.82, 2.24) is 9.62 Å². The highest BCUT2D eigenvalue weighted by atomic mass is 32.2. The van der Waals surface area contributed by atoms with Gasteiger partial charge in [0.25, 0.3) is 0 Å². The molecule has 9 heteroatoms. The molecule has 1 saturated heterocycles. The van der Waals surface area contributed by atoms with Crippen molar-refractivity contribution < 1.29 is 17.9 Å². The number of ether oxygens (including phenoxy) is 1. The summed E-state index contributed by atoms with van der Waals surface area (Å²) in [7, 11) is -1.51. The summed E-state index contributed by atoms with van der Waals surface area (Å²) >= 11 is 1.56. The molecule has 1 N–H and O–H groups in total. The summed E-state index contributed by atoms with van der Waals surface area (Å²) in [6.07, 6.45) is 3.44. The monoisotopic (exact) mass is 453 g/mol. The van der Waals surface area contributed by atoms with Crippen LogP contribution in [0.25, 0.3) is 0 Å². The Bertz CT molecular complexity index is 848. The van der Waals surface area contributed by atoms with Crippen molar-refractivity contribution in [3.63, 3.8) is 0 Å². The largest absolute Gasteiger partial charge is 0.497 e. The first-order valence-corrected chi connectivity index (χ1v) is 13.1. The van der Waals surface area contributed by atoms with Crippen LogP contribution in [0.3, 0.4) is 0 Å². The van der Waals surface area contributed by atoms with Crippen LogP contribution < -0.4 is 10.1 Å². The summed E-state index contributed by atoms with van der Waals surface area (Å²) in [4.78, 5) is 17.1. The fraction of sp³-hybridized carbons (Fsp3) is 0.619. The van der Waals surface area contributed by atoms with Gasteiger partial charge in [-0.15, -0.1) is 0 Å². The minimum absolute atomic E-state index is 0.0350. The van der Waals surface area contributed by atoms with Crippen LogP contribution in [0.2, 0.25) is 0 Å². The molecule has 1 amide bonds. The number of piperidine rings is 1. The average Bonchev–Trinajstić information content (AvgIpc) is 3.21. The molecule has 7 nitrogen and oxygen atoms in total. The van der Waals surface area contributed by atoms with E-state index in [0.29, 0.717) is 31.1 Å². The van der Waals surface area contributed by atoms with Crippen LogP contribution in [0, 0.1) is 5.92 Å². The smallest absolute Gasteiger partial charge is 0.226 e. The lowest BCUT2D eigenvalue weighted by Gasteiger charge is -2.30. The molecule has 1 aromatic rings. The van der Waals surface area contributed by atoms with Crippen LogP contribution in [-0.4, -0.2) is 55.5 Å². The number of rotatable bonds is 8. The van der Waals surface area contributed by atoms with E-state index in [9.17, 15) is 13.2 Å². The van der Waals surface area contributed by atoms with E-state index in [2.05, 4.69) is 10.3 Å². The summed E-state index contributed by atoms with van der Waals surface area (Å²) in [6.45, 7) is 3.02. The van der Waals surface area contributed by atoms with Crippen molar-refractivity contribution in [3.05, 3.63) is 29.8 Å². The van der Waals surface area contributed by atoms with Crippen molar-refractivity contribution in [2.45, 2.75) is 45.1 Å². The van der Waals surface area contributed by atoms with Gasteiger partial charge in [-0.2, -0.15) is 0 Å². The zero-order chi connectivity index (χ0) is 21.6. The Labute approximate surface area is 183 Å². The van der Waals surface area contributed by atoms with Crippen molar-refractivity contribution in [3.8, 4) is 5.75 Å². The maximum absolute atomic E-state index is 12.5. The Morgan fingerprint density at radius 1 is 1.27 bits per heavy atom. The minimum atomic E-state index is -3.15. The Balaban J connectivity index is 1.45. The Morgan fingerprint density at radius 3 is 2.60 bits per heavy atom. The highest BCUT2D eigenvalue weighted by Gasteiger charge is 2.29.